The van der Waals surface area contributed by atoms with Crippen molar-refractivity contribution in [2.24, 2.45) is 5.92 Å². The Morgan fingerprint density at radius 1 is 1.04 bits per heavy atom. The van der Waals surface area contributed by atoms with Crippen LogP contribution in [0, 0.1) is 11.7 Å². The maximum Gasteiger partial charge on any atom is 0.262 e. The van der Waals surface area contributed by atoms with E-state index in [0.717, 1.165) is 4.90 Å². The lowest BCUT2D eigenvalue weighted by Crippen LogP contribution is -2.50. The Kier molecular flexibility index (Phi) is 4.84. The third-order valence-corrected chi connectivity index (χ3v) is 4.67. The van der Waals surface area contributed by atoms with Crippen molar-refractivity contribution in [1.82, 2.24) is 4.90 Å². The van der Waals surface area contributed by atoms with Crippen molar-refractivity contribution in [2.75, 3.05) is 5.32 Å². The Labute approximate surface area is 150 Å². The summed E-state index contributed by atoms with van der Waals surface area (Å²) in [7, 11) is 0. The summed E-state index contributed by atoms with van der Waals surface area (Å²) in [6.45, 7) is 3.71. The van der Waals surface area contributed by atoms with E-state index >= 15 is 0 Å². The molecule has 2 aromatic carbocycles. The minimum absolute atomic E-state index is 0.238. The van der Waals surface area contributed by atoms with Crippen molar-refractivity contribution < 1.29 is 18.8 Å². The van der Waals surface area contributed by atoms with Crippen LogP contribution in [0.5, 0.6) is 0 Å². The largest absolute Gasteiger partial charge is 0.324 e. The van der Waals surface area contributed by atoms with Crippen molar-refractivity contribution in [3.05, 3.63) is 65.5 Å². The molecule has 5 nitrogen and oxygen atoms in total. The van der Waals surface area contributed by atoms with Gasteiger partial charge in [0.2, 0.25) is 5.91 Å². The molecule has 3 rings (SSSR count). The number of hydrogen-bond donors (Lipinski definition) is 1. The van der Waals surface area contributed by atoms with Crippen LogP contribution in [-0.4, -0.2) is 28.7 Å². The second kappa shape index (κ2) is 7.07. The predicted octanol–water partition coefficient (Wildman–Crippen LogP) is 3.48. The first-order valence-corrected chi connectivity index (χ1v) is 8.47. The molecule has 0 bridgehead atoms. The standard InChI is InChI=1S/C20H19FN2O3/c1-3-12(2)17(18(24)22-14-10-8-13(21)9-11-14)23-19(25)15-6-4-5-7-16(15)20(23)26/h4-12,17H,3H2,1-2H3,(H,22,24)/t12-,17-/m0/s1. The number of amides is 3. The lowest BCUT2D eigenvalue weighted by atomic mass is 9.96. The summed E-state index contributed by atoms with van der Waals surface area (Å²) < 4.78 is 13.1. The number of rotatable bonds is 5. The van der Waals surface area contributed by atoms with E-state index in [2.05, 4.69) is 5.32 Å². The molecular formula is C20H19FN2O3. The molecule has 0 radical (unpaired) electrons. The number of fused-ring (bicyclic) bond motifs is 1. The summed E-state index contributed by atoms with van der Waals surface area (Å²) in [4.78, 5) is 39.4. The Balaban J connectivity index is 1.92. The van der Waals surface area contributed by atoms with Gasteiger partial charge in [0.1, 0.15) is 11.9 Å². The number of carbonyl (C=O) groups excluding carboxylic acids is 3. The Morgan fingerprint density at radius 2 is 1.58 bits per heavy atom. The lowest BCUT2D eigenvalue weighted by Gasteiger charge is -2.29. The van der Waals surface area contributed by atoms with Gasteiger partial charge in [0, 0.05) is 5.69 Å². The fraction of sp³-hybridized carbons (Fsp3) is 0.250. The second-order valence-corrected chi connectivity index (χ2v) is 6.35. The van der Waals surface area contributed by atoms with Crippen LogP contribution < -0.4 is 5.32 Å². The summed E-state index contributed by atoms with van der Waals surface area (Å²) >= 11 is 0. The molecule has 0 aliphatic carbocycles. The number of halogens is 1. The van der Waals surface area contributed by atoms with Gasteiger partial charge in [-0.2, -0.15) is 0 Å². The first kappa shape index (κ1) is 17.8. The number of hydrogen-bond acceptors (Lipinski definition) is 3. The number of nitrogens with zero attached hydrogens (tertiary/aromatic N) is 1. The van der Waals surface area contributed by atoms with Crippen molar-refractivity contribution in [3.63, 3.8) is 0 Å². The van der Waals surface area contributed by atoms with E-state index in [9.17, 15) is 18.8 Å². The molecule has 0 aromatic heterocycles. The van der Waals surface area contributed by atoms with E-state index < -0.39 is 29.6 Å². The molecule has 1 heterocycles. The molecule has 1 aliphatic rings. The van der Waals surface area contributed by atoms with E-state index in [4.69, 9.17) is 0 Å². The summed E-state index contributed by atoms with van der Waals surface area (Å²) in [6, 6.07) is 10.9. The number of anilines is 1. The number of imide groups is 1. The normalized spacial score (nSPS) is 15.6. The van der Waals surface area contributed by atoms with Crippen LogP contribution in [0.15, 0.2) is 48.5 Å². The van der Waals surface area contributed by atoms with E-state index in [-0.39, 0.29) is 5.92 Å². The van der Waals surface area contributed by atoms with Crippen LogP contribution in [-0.2, 0) is 4.79 Å². The van der Waals surface area contributed by atoms with Gasteiger partial charge >= 0.3 is 0 Å². The van der Waals surface area contributed by atoms with Gasteiger partial charge in [-0.25, -0.2) is 4.39 Å². The highest BCUT2D eigenvalue weighted by Gasteiger charge is 2.44. The molecule has 134 valence electrons. The Bertz CT molecular complexity index is 829. The Morgan fingerprint density at radius 3 is 2.08 bits per heavy atom. The molecule has 6 heteroatoms. The average molecular weight is 354 g/mol. The summed E-state index contributed by atoms with van der Waals surface area (Å²) in [6.07, 6.45) is 0.606. The van der Waals surface area contributed by atoms with Gasteiger partial charge in [-0.05, 0) is 42.3 Å². The average Bonchev–Trinajstić information content (AvgIpc) is 2.89. The minimum Gasteiger partial charge on any atom is -0.324 e. The molecule has 0 spiro atoms. The van der Waals surface area contributed by atoms with E-state index in [1.807, 2.05) is 13.8 Å². The lowest BCUT2D eigenvalue weighted by molar-refractivity contribution is -0.121. The van der Waals surface area contributed by atoms with Crippen molar-refractivity contribution in [1.29, 1.82) is 0 Å². The van der Waals surface area contributed by atoms with Crippen LogP contribution in [0.2, 0.25) is 0 Å². The first-order chi connectivity index (χ1) is 12.4. The van der Waals surface area contributed by atoms with Crippen LogP contribution in [0.4, 0.5) is 10.1 Å². The number of benzene rings is 2. The smallest absolute Gasteiger partial charge is 0.262 e. The second-order valence-electron chi connectivity index (χ2n) is 6.35. The van der Waals surface area contributed by atoms with Crippen LogP contribution >= 0.6 is 0 Å². The molecular weight excluding hydrogens is 335 g/mol. The van der Waals surface area contributed by atoms with Gasteiger partial charge in [-0.15, -0.1) is 0 Å². The molecule has 2 aromatic rings. The van der Waals surface area contributed by atoms with Crippen LogP contribution in [0.3, 0.4) is 0 Å². The fourth-order valence-electron chi connectivity index (χ4n) is 3.06. The van der Waals surface area contributed by atoms with Gasteiger partial charge in [-0.1, -0.05) is 32.4 Å². The van der Waals surface area contributed by atoms with Gasteiger partial charge in [-0.3, -0.25) is 19.3 Å². The summed E-state index contributed by atoms with van der Waals surface area (Å²) in [5.74, 6) is -2.06. The predicted molar refractivity (Wildman–Crippen MR) is 95.2 cm³/mol. The Hall–Kier alpha value is -3.02. The minimum atomic E-state index is -0.947. The van der Waals surface area contributed by atoms with E-state index in [0.29, 0.717) is 23.2 Å². The molecule has 0 fully saturated rings. The fourth-order valence-corrected chi connectivity index (χ4v) is 3.06. The van der Waals surface area contributed by atoms with E-state index in [1.54, 1.807) is 24.3 Å². The zero-order valence-electron chi connectivity index (χ0n) is 14.5. The van der Waals surface area contributed by atoms with Crippen molar-refractivity contribution >= 4 is 23.4 Å². The molecule has 26 heavy (non-hydrogen) atoms. The quantitative estimate of drug-likeness (QED) is 0.836. The first-order valence-electron chi connectivity index (χ1n) is 8.47. The van der Waals surface area contributed by atoms with Crippen molar-refractivity contribution in [2.45, 2.75) is 26.3 Å². The van der Waals surface area contributed by atoms with Crippen molar-refractivity contribution in [3.8, 4) is 0 Å². The number of carbonyl (C=O) groups is 3. The van der Waals surface area contributed by atoms with Crippen LogP contribution in [0.25, 0.3) is 0 Å². The zero-order valence-corrected chi connectivity index (χ0v) is 14.5. The maximum absolute atomic E-state index is 13.1. The molecule has 3 amide bonds. The van der Waals surface area contributed by atoms with E-state index in [1.165, 1.54) is 24.3 Å². The highest BCUT2D eigenvalue weighted by Crippen LogP contribution is 2.28. The molecule has 1 aliphatic heterocycles. The molecule has 2 atom stereocenters. The third kappa shape index (κ3) is 3.10. The third-order valence-electron chi connectivity index (χ3n) is 4.67. The van der Waals surface area contributed by atoms with Gasteiger partial charge < -0.3 is 5.32 Å². The molecule has 0 saturated heterocycles. The monoisotopic (exact) mass is 354 g/mol. The number of nitrogens with one attached hydrogen (secondary N) is 1. The highest BCUT2D eigenvalue weighted by atomic mass is 19.1. The van der Waals surface area contributed by atoms with Gasteiger partial charge in [0.25, 0.3) is 11.8 Å². The molecule has 0 unspecified atom stereocenters. The van der Waals surface area contributed by atoms with Gasteiger partial charge in [0.15, 0.2) is 0 Å². The topological polar surface area (TPSA) is 66.5 Å². The SMILES string of the molecule is CC[C@H](C)[C@@H](C(=O)Nc1ccc(F)cc1)N1C(=O)c2ccccc2C1=O. The summed E-state index contributed by atoms with van der Waals surface area (Å²) in [5, 5.41) is 2.68. The van der Waals surface area contributed by atoms with Gasteiger partial charge in [0.05, 0.1) is 11.1 Å². The highest BCUT2D eigenvalue weighted by molar-refractivity contribution is 6.23. The van der Waals surface area contributed by atoms with Crippen LogP contribution in [0.1, 0.15) is 41.0 Å². The zero-order chi connectivity index (χ0) is 18.8. The summed E-state index contributed by atoms with van der Waals surface area (Å²) in [5.41, 5.74) is 1.02. The molecule has 0 saturated carbocycles. The maximum atomic E-state index is 13.1. The molecule has 1 N–H and O–H groups in total.